The average molecular weight is 256 g/mol. The van der Waals surface area contributed by atoms with Crippen LogP contribution in [0.4, 0.5) is 11.5 Å². The number of aromatic nitrogens is 1. The van der Waals surface area contributed by atoms with Crippen LogP contribution in [0.1, 0.15) is 19.3 Å². The molecule has 0 radical (unpaired) electrons. The van der Waals surface area contributed by atoms with E-state index in [0.29, 0.717) is 24.6 Å². The van der Waals surface area contributed by atoms with Crippen molar-refractivity contribution in [2.24, 2.45) is 0 Å². The van der Waals surface area contributed by atoms with Crippen LogP contribution < -0.4 is 10.5 Å². The highest BCUT2D eigenvalue weighted by Gasteiger charge is 2.23. The van der Waals surface area contributed by atoms with Gasteiger partial charge in [0.05, 0.1) is 11.9 Å². The van der Waals surface area contributed by atoms with E-state index in [0.717, 1.165) is 19.3 Å². The molecule has 0 saturated carbocycles. The Hall–Kier alpha value is -1.34. The first-order valence-corrected chi connectivity index (χ1v) is 7.01. The van der Waals surface area contributed by atoms with E-state index in [9.17, 15) is 8.42 Å². The lowest BCUT2D eigenvalue weighted by Gasteiger charge is -2.25. The van der Waals surface area contributed by atoms with E-state index >= 15 is 0 Å². The van der Waals surface area contributed by atoms with Gasteiger partial charge in [-0.15, -0.1) is 0 Å². The fraction of sp³-hybridized carbons (Fsp3) is 0.500. The minimum absolute atomic E-state index is 0.296. The molecule has 1 aromatic rings. The Balaban J connectivity index is 2.08. The third-order valence-electron chi connectivity index (χ3n) is 2.67. The molecule has 3 N–H and O–H groups in total. The molecule has 1 saturated heterocycles. The van der Waals surface area contributed by atoms with Crippen molar-refractivity contribution in [1.29, 1.82) is 0 Å². The summed E-state index contributed by atoms with van der Waals surface area (Å²) in [5.74, 6) is 0.296. The molecule has 1 aliphatic heterocycles. The van der Waals surface area contributed by atoms with Gasteiger partial charge in [0, 0.05) is 13.1 Å². The number of pyridine rings is 1. The third-order valence-corrected chi connectivity index (χ3v) is 4.19. The van der Waals surface area contributed by atoms with Crippen molar-refractivity contribution in [3.05, 3.63) is 18.3 Å². The highest BCUT2D eigenvalue weighted by Crippen LogP contribution is 2.15. The molecule has 0 unspecified atom stereocenters. The maximum atomic E-state index is 12.0. The maximum Gasteiger partial charge on any atom is 0.302 e. The molecule has 2 rings (SSSR count). The Kier molecular flexibility index (Phi) is 3.49. The highest BCUT2D eigenvalue weighted by molar-refractivity contribution is 7.90. The fourth-order valence-corrected chi connectivity index (χ4v) is 3.02. The van der Waals surface area contributed by atoms with Gasteiger partial charge in [0.25, 0.3) is 0 Å². The van der Waals surface area contributed by atoms with Crippen molar-refractivity contribution < 1.29 is 8.42 Å². The second-order valence-electron chi connectivity index (χ2n) is 4.04. The van der Waals surface area contributed by atoms with Gasteiger partial charge < -0.3 is 5.73 Å². The predicted octanol–water partition coefficient (Wildman–Crippen LogP) is 0.806. The normalized spacial score (nSPS) is 17.9. The smallest absolute Gasteiger partial charge is 0.302 e. The van der Waals surface area contributed by atoms with Crippen LogP contribution in [0.5, 0.6) is 0 Å². The summed E-state index contributed by atoms with van der Waals surface area (Å²) in [5.41, 5.74) is 5.99. The Labute approximate surface area is 101 Å². The fourth-order valence-electron chi connectivity index (χ4n) is 1.77. The predicted molar refractivity (Wildman–Crippen MR) is 66.6 cm³/mol. The lowest BCUT2D eigenvalue weighted by molar-refractivity contribution is 0.349. The quantitative estimate of drug-likeness (QED) is 0.837. The van der Waals surface area contributed by atoms with E-state index in [2.05, 4.69) is 9.71 Å². The van der Waals surface area contributed by atoms with Crippen LogP contribution in [0.15, 0.2) is 18.3 Å². The highest BCUT2D eigenvalue weighted by atomic mass is 32.2. The third kappa shape index (κ3) is 3.07. The summed E-state index contributed by atoms with van der Waals surface area (Å²) in [5, 5.41) is 0. The van der Waals surface area contributed by atoms with Crippen LogP contribution in [-0.2, 0) is 10.2 Å². The Morgan fingerprint density at radius 3 is 2.53 bits per heavy atom. The Morgan fingerprint density at radius 2 is 1.94 bits per heavy atom. The molecule has 0 bridgehead atoms. The van der Waals surface area contributed by atoms with E-state index in [4.69, 9.17) is 5.73 Å². The van der Waals surface area contributed by atoms with Gasteiger partial charge in [-0.1, -0.05) is 6.42 Å². The summed E-state index contributed by atoms with van der Waals surface area (Å²) in [4.78, 5) is 3.92. The number of hydrogen-bond acceptors (Lipinski definition) is 4. The van der Waals surface area contributed by atoms with Crippen molar-refractivity contribution >= 4 is 21.7 Å². The average Bonchev–Trinajstić information content (AvgIpc) is 2.33. The lowest BCUT2D eigenvalue weighted by atomic mass is 10.2. The molecular weight excluding hydrogens is 240 g/mol. The van der Waals surface area contributed by atoms with E-state index in [1.807, 2.05) is 0 Å². The summed E-state index contributed by atoms with van der Waals surface area (Å²) < 4.78 is 27.9. The molecule has 17 heavy (non-hydrogen) atoms. The minimum Gasteiger partial charge on any atom is -0.397 e. The van der Waals surface area contributed by atoms with Crippen LogP contribution in [0.3, 0.4) is 0 Å². The molecule has 7 heteroatoms. The number of nitrogens with one attached hydrogen (secondary N) is 1. The topological polar surface area (TPSA) is 88.3 Å². The molecule has 2 heterocycles. The van der Waals surface area contributed by atoms with Crippen molar-refractivity contribution in [2.75, 3.05) is 23.5 Å². The number of rotatable bonds is 3. The molecule has 0 spiro atoms. The standard InChI is InChI=1S/C10H16N4O2S/c11-9-4-5-10(12-8-9)13-17(15,16)14-6-2-1-3-7-14/h4-5,8H,1-3,6-7,11H2,(H,12,13). The molecule has 0 atom stereocenters. The van der Waals surface area contributed by atoms with Crippen molar-refractivity contribution in [3.8, 4) is 0 Å². The first-order chi connectivity index (χ1) is 8.08. The summed E-state index contributed by atoms with van der Waals surface area (Å²) >= 11 is 0. The summed E-state index contributed by atoms with van der Waals surface area (Å²) in [6.07, 6.45) is 4.34. The zero-order valence-corrected chi connectivity index (χ0v) is 10.3. The number of nitrogen functional groups attached to an aromatic ring is 1. The SMILES string of the molecule is Nc1ccc(NS(=O)(=O)N2CCCCC2)nc1. The van der Waals surface area contributed by atoms with Crippen LogP contribution in [0.25, 0.3) is 0 Å². The van der Waals surface area contributed by atoms with Crippen molar-refractivity contribution in [2.45, 2.75) is 19.3 Å². The summed E-state index contributed by atoms with van der Waals surface area (Å²) in [7, 11) is -3.47. The van der Waals surface area contributed by atoms with Crippen molar-refractivity contribution in [3.63, 3.8) is 0 Å². The van der Waals surface area contributed by atoms with Gasteiger partial charge in [0.1, 0.15) is 5.82 Å². The van der Waals surface area contributed by atoms with Gasteiger partial charge in [-0.05, 0) is 25.0 Å². The molecule has 94 valence electrons. The van der Waals surface area contributed by atoms with Crippen LogP contribution in [0.2, 0.25) is 0 Å². The van der Waals surface area contributed by atoms with Gasteiger partial charge in [-0.3, -0.25) is 4.72 Å². The maximum absolute atomic E-state index is 12.0. The summed E-state index contributed by atoms with van der Waals surface area (Å²) in [6.45, 7) is 1.15. The monoisotopic (exact) mass is 256 g/mol. The number of piperidine rings is 1. The number of hydrogen-bond donors (Lipinski definition) is 2. The Bertz CT molecular complexity index is 466. The van der Waals surface area contributed by atoms with E-state index in [1.54, 1.807) is 12.1 Å². The van der Waals surface area contributed by atoms with Gasteiger partial charge in [-0.25, -0.2) is 4.98 Å². The van der Waals surface area contributed by atoms with E-state index < -0.39 is 10.2 Å². The number of anilines is 2. The zero-order chi connectivity index (χ0) is 12.3. The molecule has 0 amide bonds. The number of nitrogens with two attached hydrogens (primary N) is 1. The molecule has 0 aromatic carbocycles. The molecular formula is C10H16N4O2S. The van der Waals surface area contributed by atoms with Gasteiger partial charge in [-0.2, -0.15) is 12.7 Å². The molecule has 6 nitrogen and oxygen atoms in total. The first kappa shape index (κ1) is 12.1. The minimum atomic E-state index is -3.47. The van der Waals surface area contributed by atoms with Crippen LogP contribution in [-0.4, -0.2) is 30.8 Å². The van der Waals surface area contributed by atoms with E-state index in [1.165, 1.54) is 10.5 Å². The molecule has 0 aliphatic carbocycles. The largest absolute Gasteiger partial charge is 0.397 e. The second-order valence-corrected chi connectivity index (χ2v) is 5.71. The van der Waals surface area contributed by atoms with Crippen molar-refractivity contribution in [1.82, 2.24) is 9.29 Å². The second kappa shape index (κ2) is 4.89. The van der Waals surface area contributed by atoms with Crippen LogP contribution >= 0.6 is 0 Å². The zero-order valence-electron chi connectivity index (χ0n) is 9.46. The lowest BCUT2D eigenvalue weighted by Crippen LogP contribution is -2.39. The van der Waals surface area contributed by atoms with Crippen LogP contribution in [0, 0.1) is 0 Å². The summed E-state index contributed by atoms with van der Waals surface area (Å²) in [6, 6.07) is 3.16. The Morgan fingerprint density at radius 1 is 1.24 bits per heavy atom. The molecule has 1 aliphatic rings. The van der Waals surface area contributed by atoms with Gasteiger partial charge in [0.2, 0.25) is 0 Å². The van der Waals surface area contributed by atoms with Gasteiger partial charge >= 0.3 is 10.2 Å². The van der Waals surface area contributed by atoms with Gasteiger partial charge in [0.15, 0.2) is 0 Å². The first-order valence-electron chi connectivity index (χ1n) is 5.57. The van der Waals surface area contributed by atoms with E-state index in [-0.39, 0.29) is 0 Å². The molecule has 1 fully saturated rings. The number of nitrogens with zero attached hydrogens (tertiary/aromatic N) is 2. The molecule has 1 aromatic heterocycles.